The van der Waals surface area contributed by atoms with E-state index in [1.54, 1.807) is 50.4 Å². The number of benzene rings is 1. The second-order valence-electron chi connectivity index (χ2n) is 12.3. The number of nitrogens with one attached hydrogen (secondary N) is 4. The Morgan fingerprint density at radius 2 is 1.64 bits per heavy atom. The van der Waals surface area contributed by atoms with Gasteiger partial charge in [0.1, 0.15) is 25.2 Å². The largest absolute Gasteiger partial charge is 0.453 e. The van der Waals surface area contributed by atoms with Crippen molar-refractivity contribution in [1.82, 2.24) is 25.8 Å². The number of amides is 8. The Labute approximate surface area is 328 Å². The molecular formula is C34H47N7O13S2. The number of thioether (sulfide) groups is 1. The third-order valence-electron chi connectivity index (χ3n) is 7.68. The number of carbonyl (C=O) groups is 8. The van der Waals surface area contributed by atoms with Crippen LogP contribution in [0.1, 0.15) is 32.3 Å². The Balaban J connectivity index is 2.13. The number of hydrogen-bond acceptors (Lipinski definition) is 13. The molecule has 1 unspecified atom stereocenters. The van der Waals surface area contributed by atoms with E-state index in [9.17, 15) is 46.8 Å². The van der Waals surface area contributed by atoms with Gasteiger partial charge >= 0.3 is 11.3 Å². The summed E-state index contributed by atoms with van der Waals surface area (Å²) in [6.07, 6.45) is 6.44. The van der Waals surface area contributed by atoms with Gasteiger partial charge in [0.05, 0.1) is 19.0 Å². The van der Waals surface area contributed by atoms with Gasteiger partial charge in [-0.3, -0.25) is 38.2 Å². The molecule has 56 heavy (non-hydrogen) atoms. The van der Waals surface area contributed by atoms with Crippen LogP contribution in [0.5, 0.6) is 0 Å². The first-order valence-corrected chi connectivity index (χ1v) is 20.0. The first kappa shape index (κ1) is 46.8. The number of anilines is 1. The van der Waals surface area contributed by atoms with Crippen molar-refractivity contribution in [2.45, 2.75) is 45.4 Å². The van der Waals surface area contributed by atoms with Gasteiger partial charge in [-0.05, 0) is 48.1 Å². The molecule has 8 amide bonds. The number of urea groups is 1. The predicted octanol–water partition coefficient (Wildman–Crippen LogP) is -0.0870. The van der Waals surface area contributed by atoms with Gasteiger partial charge < -0.3 is 41.4 Å². The molecule has 0 bridgehead atoms. The molecule has 0 saturated heterocycles. The monoisotopic (exact) mass is 825 g/mol. The van der Waals surface area contributed by atoms with E-state index >= 15 is 0 Å². The highest BCUT2D eigenvalue weighted by Crippen LogP contribution is 2.13. The van der Waals surface area contributed by atoms with E-state index in [0.29, 0.717) is 16.2 Å². The predicted molar refractivity (Wildman–Crippen MR) is 203 cm³/mol. The average Bonchev–Trinajstić information content (AvgIpc) is 3.44. The summed E-state index contributed by atoms with van der Waals surface area (Å²) in [5, 5.41) is 9.87. The average molecular weight is 826 g/mol. The highest BCUT2D eigenvalue weighted by molar-refractivity contribution is 8.12. The maximum atomic E-state index is 13.6. The SMILES string of the molecule is CSC(=O)OCc1ccc(NC(=O)C(/C=C/CCNC(N)=O)NC(=O)[C@@H](NC(=O)CCN(CCOCCS(=O)(=O)O)C(=O)CN2C(=O)C=CC2=O)C(C)C)cc1. The lowest BCUT2D eigenvalue weighted by molar-refractivity contribution is -0.145. The molecule has 1 aliphatic heterocycles. The zero-order valence-corrected chi connectivity index (χ0v) is 32.7. The molecule has 1 aromatic rings. The summed E-state index contributed by atoms with van der Waals surface area (Å²) < 4.78 is 41.1. The zero-order valence-electron chi connectivity index (χ0n) is 31.1. The number of primary amides is 1. The van der Waals surface area contributed by atoms with E-state index in [4.69, 9.17) is 19.8 Å². The standard InChI is InChI=1S/C34H47N7O13S2/c1-22(2)30(39-26(42)13-15-40(16-17-53-18-19-56(50,51)52)29(45)20-41-27(43)11-12-28(41)44)32(47)38-25(6-4-5-14-36-33(35)48)31(46)37-24-9-7-23(8-10-24)21-54-34(49)55-3/h4,6-12,22,25,30H,5,13-21H2,1-3H3,(H,37,46)(H,38,47)(H,39,42)(H3,35,36,48)(H,50,51,52)/b6-4+/t25?,30-/m0/s1. The van der Waals surface area contributed by atoms with Crippen molar-refractivity contribution in [1.29, 1.82) is 0 Å². The fourth-order valence-corrected chi connectivity index (χ4v) is 5.21. The minimum absolute atomic E-state index is 0.0255. The molecule has 0 spiro atoms. The molecule has 308 valence electrons. The summed E-state index contributed by atoms with van der Waals surface area (Å²) in [4.78, 5) is 102. The van der Waals surface area contributed by atoms with Crippen LogP contribution in [0.4, 0.5) is 15.3 Å². The molecule has 22 heteroatoms. The maximum absolute atomic E-state index is 13.6. The number of carbonyl (C=O) groups excluding carboxylic acids is 8. The second kappa shape index (κ2) is 23.6. The van der Waals surface area contributed by atoms with Crippen LogP contribution in [-0.2, 0) is 55.0 Å². The molecule has 20 nitrogen and oxygen atoms in total. The zero-order chi connectivity index (χ0) is 41.8. The third kappa shape index (κ3) is 17.9. The molecule has 0 fully saturated rings. The lowest BCUT2D eigenvalue weighted by atomic mass is 10.0. The van der Waals surface area contributed by atoms with Crippen molar-refractivity contribution in [2.24, 2.45) is 11.7 Å². The van der Waals surface area contributed by atoms with Gasteiger partial charge in [-0.1, -0.05) is 38.1 Å². The van der Waals surface area contributed by atoms with Crippen LogP contribution in [0.15, 0.2) is 48.6 Å². The number of hydrogen-bond donors (Lipinski definition) is 6. The lowest BCUT2D eigenvalue weighted by Gasteiger charge is -2.26. The van der Waals surface area contributed by atoms with Crippen molar-refractivity contribution >= 4 is 74.3 Å². The first-order valence-electron chi connectivity index (χ1n) is 17.1. The fraction of sp³-hybridized carbons (Fsp3) is 0.471. The van der Waals surface area contributed by atoms with Crippen LogP contribution < -0.4 is 27.0 Å². The number of rotatable bonds is 23. The van der Waals surface area contributed by atoms with E-state index in [0.717, 1.165) is 28.8 Å². The molecule has 1 heterocycles. The minimum Gasteiger partial charge on any atom is -0.453 e. The van der Waals surface area contributed by atoms with Crippen molar-refractivity contribution in [2.75, 3.05) is 56.7 Å². The summed E-state index contributed by atoms with van der Waals surface area (Å²) in [7, 11) is -4.30. The van der Waals surface area contributed by atoms with Gasteiger partial charge in [0.15, 0.2) is 0 Å². The molecular weight excluding hydrogens is 779 g/mol. The van der Waals surface area contributed by atoms with Gasteiger partial charge in [0.2, 0.25) is 17.7 Å². The quantitative estimate of drug-likeness (QED) is 0.0277. The molecule has 1 aromatic carbocycles. The van der Waals surface area contributed by atoms with Gasteiger partial charge in [0, 0.05) is 43.9 Å². The molecule has 2 atom stereocenters. The van der Waals surface area contributed by atoms with Crippen LogP contribution in [0.2, 0.25) is 0 Å². The Morgan fingerprint density at radius 3 is 2.23 bits per heavy atom. The maximum Gasteiger partial charge on any atom is 0.367 e. The molecule has 0 aromatic heterocycles. The van der Waals surface area contributed by atoms with Crippen molar-refractivity contribution in [3.63, 3.8) is 0 Å². The molecule has 0 radical (unpaired) electrons. The summed E-state index contributed by atoms with van der Waals surface area (Å²) in [5.41, 5.74) is 6.12. The van der Waals surface area contributed by atoms with Crippen LogP contribution in [-0.4, -0.2) is 133 Å². The summed E-state index contributed by atoms with van der Waals surface area (Å²) in [6, 6.07) is 3.28. The second-order valence-corrected chi connectivity index (χ2v) is 14.7. The number of nitrogens with two attached hydrogens (primary N) is 1. The van der Waals surface area contributed by atoms with Crippen LogP contribution in [0, 0.1) is 5.92 Å². The van der Waals surface area contributed by atoms with E-state index in [2.05, 4.69) is 21.3 Å². The van der Waals surface area contributed by atoms with Gasteiger partial charge in [0.25, 0.3) is 27.8 Å². The van der Waals surface area contributed by atoms with Gasteiger partial charge in [-0.2, -0.15) is 8.42 Å². The highest BCUT2D eigenvalue weighted by atomic mass is 32.2. The van der Waals surface area contributed by atoms with E-state index in [1.807, 2.05) is 0 Å². The van der Waals surface area contributed by atoms with Crippen LogP contribution in [0.25, 0.3) is 0 Å². The normalized spacial score (nSPS) is 13.7. The van der Waals surface area contributed by atoms with E-state index in [-0.39, 0.29) is 52.3 Å². The Bertz CT molecular complexity index is 1730. The smallest absolute Gasteiger partial charge is 0.367 e. The number of imide groups is 1. The number of nitrogens with zero attached hydrogens (tertiary/aromatic N) is 2. The molecule has 0 aliphatic carbocycles. The van der Waals surface area contributed by atoms with Crippen molar-refractivity contribution in [3.05, 3.63) is 54.1 Å². The first-order chi connectivity index (χ1) is 26.4. The Kier molecular flexibility index (Phi) is 19.7. The van der Waals surface area contributed by atoms with Gasteiger partial charge in [-0.25, -0.2) is 9.59 Å². The molecule has 1 aliphatic rings. The van der Waals surface area contributed by atoms with Crippen LogP contribution in [0.3, 0.4) is 0 Å². The van der Waals surface area contributed by atoms with Crippen LogP contribution >= 0.6 is 11.8 Å². The lowest BCUT2D eigenvalue weighted by Crippen LogP contribution is -2.54. The molecule has 0 saturated carbocycles. The fourth-order valence-electron chi connectivity index (χ4n) is 4.70. The summed E-state index contributed by atoms with van der Waals surface area (Å²) in [5.74, 6) is -5.36. The molecule has 7 N–H and O–H groups in total. The van der Waals surface area contributed by atoms with Gasteiger partial charge in [-0.15, -0.1) is 0 Å². The van der Waals surface area contributed by atoms with Crippen molar-refractivity contribution < 1.29 is 60.8 Å². The Hall–Kier alpha value is -5.32. The Morgan fingerprint density at radius 1 is 0.982 bits per heavy atom. The summed E-state index contributed by atoms with van der Waals surface area (Å²) >= 11 is 0.925. The molecule has 2 rings (SSSR count). The third-order valence-corrected chi connectivity index (χ3v) is 8.81. The van der Waals surface area contributed by atoms with E-state index in [1.165, 1.54) is 6.08 Å². The minimum atomic E-state index is -4.30. The summed E-state index contributed by atoms with van der Waals surface area (Å²) in [6.45, 7) is 1.81. The number of ether oxygens (including phenoxy) is 2. The van der Waals surface area contributed by atoms with Crippen molar-refractivity contribution in [3.8, 4) is 0 Å². The topological polar surface area (TPSA) is 290 Å². The highest BCUT2D eigenvalue weighted by Gasteiger charge is 2.30. The van der Waals surface area contributed by atoms with E-state index < -0.39 is 87.2 Å².